The van der Waals surface area contributed by atoms with Crippen LogP contribution in [0.5, 0.6) is 11.5 Å². The van der Waals surface area contributed by atoms with Crippen molar-refractivity contribution in [3.63, 3.8) is 0 Å². The summed E-state index contributed by atoms with van der Waals surface area (Å²) >= 11 is 0. The van der Waals surface area contributed by atoms with Crippen molar-refractivity contribution in [2.24, 2.45) is 5.41 Å². The first-order valence-electron chi connectivity index (χ1n) is 7.29. The molecule has 112 valence electrons. The van der Waals surface area contributed by atoms with Crippen LogP contribution in [0.25, 0.3) is 0 Å². The molecule has 4 heteroatoms. The van der Waals surface area contributed by atoms with Gasteiger partial charge >= 0.3 is 0 Å². The topological polar surface area (TPSA) is 47.9 Å². The van der Waals surface area contributed by atoms with E-state index in [1.807, 2.05) is 38.1 Å². The van der Waals surface area contributed by atoms with Gasteiger partial charge in [-0.1, -0.05) is 12.1 Å². The molecule has 0 saturated carbocycles. The van der Waals surface area contributed by atoms with Crippen LogP contribution >= 0.6 is 0 Å². The van der Waals surface area contributed by atoms with Crippen molar-refractivity contribution >= 4 is 0 Å². The van der Waals surface area contributed by atoms with Crippen molar-refractivity contribution in [3.05, 3.63) is 24.3 Å². The number of aliphatic hydroxyl groups is 1. The highest BCUT2D eigenvalue weighted by Crippen LogP contribution is 2.38. The number of para-hydroxylation sites is 2. The van der Waals surface area contributed by atoms with Crippen molar-refractivity contribution < 1.29 is 19.3 Å². The molecular weight excluding hydrogens is 256 g/mol. The molecule has 0 aliphatic carbocycles. The summed E-state index contributed by atoms with van der Waals surface area (Å²) < 4.78 is 17.0. The molecule has 1 heterocycles. The van der Waals surface area contributed by atoms with E-state index in [9.17, 15) is 5.11 Å². The third-order valence-corrected chi connectivity index (χ3v) is 4.15. The van der Waals surface area contributed by atoms with Gasteiger partial charge in [-0.3, -0.25) is 0 Å². The number of hydrogen-bond donors (Lipinski definition) is 1. The Morgan fingerprint density at radius 3 is 2.55 bits per heavy atom. The molecule has 2 unspecified atom stereocenters. The second-order valence-electron chi connectivity index (χ2n) is 5.26. The lowest BCUT2D eigenvalue weighted by Gasteiger charge is -2.29. The minimum Gasteiger partial charge on any atom is -0.490 e. The maximum Gasteiger partial charge on any atom is 0.161 e. The monoisotopic (exact) mass is 280 g/mol. The average molecular weight is 280 g/mol. The molecule has 0 bridgehead atoms. The Morgan fingerprint density at radius 2 is 2.00 bits per heavy atom. The first-order chi connectivity index (χ1) is 9.72. The SMILES string of the molecule is CCOc1ccccc1OCCC1(CO)CCOC1C. The summed E-state index contributed by atoms with van der Waals surface area (Å²) in [6, 6.07) is 7.67. The highest BCUT2D eigenvalue weighted by molar-refractivity contribution is 5.39. The van der Waals surface area contributed by atoms with Crippen LogP contribution in [0, 0.1) is 5.41 Å². The largest absolute Gasteiger partial charge is 0.490 e. The Hall–Kier alpha value is -1.26. The number of benzene rings is 1. The van der Waals surface area contributed by atoms with E-state index in [2.05, 4.69) is 0 Å². The summed E-state index contributed by atoms with van der Waals surface area (Å²) in [6.07, 6.45) is 1.75. The zero-order valence-electron chi connectivity index (χ0n) is 12.3. The van der Waals surface area contributed by atoms with Gasteiger partial charge in [-0.15, -0.1) is 0 Å². The van der Waals surface area contributed by atoms with Crippen LogP contribution in [-0.2, 0) is 4.74 Å². The van der Waals surface area contributed by atoms with Crippen LogP contribution in [0.3, 0.4) is 0 Å². The normalized spacial score (nSPS) is 25.6. The number of rotatable bonds is 7. The predicted octanol–water partition coefficient (Wildman–Crippen LogP) is 2.64. The van der Waals surface area contributed by atoms with E-state index in [-0.39, 0.29) is 18.1 Å². The maximum absolute atomic E-state index is 9.66. The molecule has 1 fully saturated rings. The van der Waals surface area contributed by atoms with Crippen molar-refractivity contribution in [2.75, 3.05) is 26.4 Å². The minimum atomic E-state index is -0.166. The van der Waals surface area contributed by atoms with Crippen LogP contribution < -0.4 is 9.47 Å². The van der Waals surface area contributed by atoms with Gasteiger partial charge < -0.3 is 19.3 Å². The highest BCUT2D eigenvalue weighted by atomic mass is 16.5. The van der Waals surface area contributed by atoms with Gasteiger partial charge in [-0.05, 0) is 38.8 Å². The van der Waals surface area contributed by atoms with Gasteiger partial charge in [-0.2, -0.15) is 0 Å². The summed E-state index contributed by atoms with van der Waals surface area (Å²) in [5, 5.41) is 9.66. The van der Waals surface area contributed by atoms with E-state index in [4.69, 9.17) is 14.2 Å². The molecule has 1 aliphatic heterocycles. The summed E-state index contributed by atoms with van der Waals surface area (Å²) in [5.74, 6) is 1.53. The Morgan fingerprint density at radius 1 is 1.30 bits per heavy atom. The van der Waals surface area contributed by atoms with E-state index in [0.717, 1.165) is 30.9 Å². The average Bonchev–Trinajstić information content (AvgIpc) is 2.83. The van der Waals surface area contributed by atoms with Gasteiger partial charge in [0, 0.05) is 12.0 Å². The van der Waals surface area contributed by atoms with Crippen molar-refractivity contribution in [1.82, 2.24) is 0 Å². The number of ether oxygens (including phenoxy) is 3. The first kappa shape index (κ1) is 15.1. The van der Waals surface area contributed by atoms with Gasteiger partial charge in [0.1, 0.15) is 0 Å². The Kier molecular flexibility index (Phi) is 5.26. The number of hydrogen-bond acceptors (Lipinski definition) is 4. The van der Waals surface area contributed by atoms with Crippen LogP contribution in [0.4, 0.5) is 0 Å². The zero-order chi connectivity index (χ0) is 14.4. The van der Waals surface area contributed by atoms with E-state index in [1.54, 1.807) is 0 Å². The summed E-state index contributed by atoms with van der Waals surface area (Å²) in [7, 11) is 0. The Bertz CT molecular complexity index is 421. The smallest absolute Gasteiger partial charge is 0.161 e. The Labute approximate surface area is 120 Å². The van der Waals surface area contributed by atoms with Crippen molar-refractivity contribution in [1.29, 1.82) is 0 Å². The molecule has 1 aromatic rings. The van der Waals surface area contributed by atoms with E-state index >= 15 is 0 Å². The fourth-order valence-electron chi connectivity index (χ4n) is 2.64. The van der Waals surface area contributed by atoms with Crippen LogP contribution in [0.1, 0.15) is 26.7 Å². The van der Waals surface area contributed by atoms with Crippen LogP contribution in [-0.4, -0.2) is 37.6 Å². The first-order valence-corrected chi connectivity index (χ1v) is 7.29. The summed E-state index contributed by atoms with van der Waals surface area (Å²) in [5.41, 5.74) is -0.166. The predicted molar refractivity (Wildman–Crippen MR) is 77.3 cm³/mol. The lowest BCUT2D eigenvalue weighted by atomic mass is 9.80. The van der Waals surface area contributed by atoms with Crippen molar-refractivity contribution in [3.8, 4) is 11.5 Å². The standard InChI is InChI=1S/C16H24O4/c1-3-18-14-6-4-5-7-15(14)20-11-9-16(12-17)8-10-19-13(16)2/h4-7,13,17H,3,8-12H2,1-2H3. The second kappa shape index (κ2) is 6.95. The van der Waals surface area contributed by atoms with Gasteiger partial charge in [0.25, 0.3) is 0 Å². The van der Waals surface area contributed by atoms with Crippen LogP contribution in [0.2, 0.25) is 0 Å². The molecule has 1 saturated heterocycles. The summed E-state index contributed by atoms with van der Waals surface area (Å²) in [6.45, 7) is 6.01. The highest BCUT2D eigenvalue weighted by Gasteiger charge is 2.40. The summed E-state index contributed by atoms with van der Waals surface area (Å²) in [4.78, 5) is 0. The van der Waals surface area contributed by atoms with Crippen LogP contribution in [0.15, 0.2) is 24.3 Å². The molecule has 4 nitrogen and oxygen atoms in total. The zero-order valence-corrected chi connectivity index (χ0v) is 12.3. The fourth-order valence-corrected chi connectivity index (χ4v) is 2.64. The van der Waals surface area contributed by atoms with E-state index in [1.165, 1.54) is 0 Å². The lowest BCUT2D eigenvalue weighted by Crippen LogP contribution is -2.34. The molecular formula is C16H24O4. The molecule has 20 heavy (non-hydrogen) atoms. The lowest BCUT2D eigenvalue weighted by molar-refractivity contribution is 0.0138. The molecule has 0 spiro atoms. The third-order valence-electron chi connectivity index (χ3n) is 4.15. The molecule has 0 amide bonds. The molecule has 2 atom stereocenters. The van der Waals surface area contributed by atoms with E-state index < -0.39 is 0 Å². The quantitative estimate of drug-likeness (QED) is 0.834. The Balaban J connectivity index is 1.92. The molecule has 1 aromatic carbocycles. The molecule has 0 aromatic heterocycles. The molecule has 1 aliphatic rings. The molecule has 0 radical (unpaired) electrons. The second-order valence-corrected chi connectivity index (χ2v) is 5.26. The van der Waals surface area contributed by atoms with Gasteiger partial charge in [-0.25, -0.2) is 0 Å². The van der Waals surface area contributed by atoms with Crippen molar-refractivity contribution in [2.45, 2.75) is 32.8 Å². The number of aliphatic hydroxyl groups excluding tert-OH is 1. The van der Waals surface area contributed by atoms with E-state index in [0.29, 0.717) is 13.2 Å². The molecule has 2 rings (SSSR count). The van der Waals surface area contributed by atoms with Gasteiger partial charge in [0.05, 0.1) is 25.9 Å². The third kappa shape index (κ3) is 3.25. The van der Waals surface area contributed by atoms with Gasteiger partial charge in [0.15, 0.2) is 11.5 Å². The molecule has 1 N–H and O–H groups in total. The van der Waals surface area contributed by atoms with Gasteiger partial charge in [0.2, 0.25) is 0 Å². The minimum absolute atomic E-state index is 0.0817. The maximum atomic E-state index is 9.66. The fraction of sp³-hybridized carbons (Fsp3) is 0.625.